The van der Waals surface area contributed by atoms with Crippen molar-refractivity contribution in [3.63, 3.8) is 0 Å². The zero-order valence-electron chi connectivity index (χ0n) is 62.9. The molecule has 0 amide bonds. The van der Waals surface area contributed by atoms with Crippen molar-refractivity contribution in [2.45, 2.75) is 0 Å². The third-order valence-corrected chi connectivity index (χ3v) is 22.2. The Morgan fingerprint density at radius 3 is 0.543 bits per heavy atom. The van der Waals surface area contributed by atoms with Crippen LogP contribution in [0.3, 0.4) is 0 Å². The van der Waals surface area contributed by atoms with Gasteiger partial charge in [0.05, 0.1) is 34.2 Å². The molecule has 0 aliphatic rings. The molecule has 0 saturated heterocycles. The minimum Gasteiger partial charge on any atom is -0.256 e. The normalized spacial score (nSPS) is 11.2. The van der Waals surface area contributed by atoms with E-state index in [-0.39, 0.29) is 0 Å². The lowest BCUT2D eigenvalue weighted by Gasteiger charge is -2.18. The van der Waals surface area contributed by atoms with Crippen molar-refractivity contribution < 1.29 is 0 Å². The molecule has 19 rings (SSSR count). The maximum absolute atomic E-state index is 7.13. The molecule has 8 heteroatoms. The van der Waals surface area contributed by atoms with Crippen molar-refractivity contribution in [2.75, 3.05) is 0 Å². The SMILES string of the molecule is Clc1ccc(-c2ccc(-c3cc(-c4ccc(-c5ccc(Cl)cc5-c5cc(-c6ccccc6-c6ccc(-c7ccccn7)cc6)cc(-c6ccccc6-c6ccc(-c7ccccn7)cc6)c5)cc4)ncn3)cc2)c(-c2cc(-c3ccccc3-c3ccc(-c4ccccn4)cc3)cc(-c3ccccc3-c3ccc(-c4ccccn4)cc3)c2)c1. The van der Waals surface area contributed by atoms with E-state index in [1.54, 1.807) is 6.33 Å². The Labute approximate surface area is 684 Å². The molecule has 0 atom stereocenters. The first kappa shape index (κ1) is 71.6. The lowest BCUT2D eigenvalue weighted by Crippen LogP contribution is -1.93. The van der Waals surface area contributed by atoms with Gasteiger partial charge in [-0.15, -0.1) is 0 Å². The Hall–Kier alpha value is -14.7. The van der Waals surface area contributed by atoms with Gasteiger partial charge in [-0.2, -0.15) is 0 Å². The smallest absolute Gasteiger partial charge is 0.116 e. The molecule has 0 saturated carbocycles. The molecule has 0 aliphatic carbocycles. The molecule has 19 aromatic rings. The molecule has 6 nitrogen and oxygen atoms in total. The number of halogens is 2. The summed E-state index contributed by atoms with van der Waals surface area (Å²) in [4.78, 5) is 28.3. The predicted molar refractivity (Wildman–Crippen MR) is 481 cm³/mol. The van der Waals surface area contributed by atoms with Gasteiger partial charge in [0.25, 0.3) is 0 Å². The maximum atomic E-state index is 7.13. The highest BCUT2D eigenvalue weighted by molar-refractivity contribution is 6.31. The van der Waals surface area contributed by atoms with Crippen LogP contribution < -0.4 is 0 Å². The first-order chi connectivity index (χ1) is 57.3. The Balaban J connectivity index is 0.652. The van der Waals surface area contributed by atoms with E-state index in [0.29, 0.717) is 10.0 Å². The quantitative estimate of drug-likeness (QED) is 0.0852. The molecule has 0 bridgehead atoms. The van der Waals surface area contributed by atoms with E-state index >= 15 is 0 Å². The molecule has 5 heterocycles. The summed E-state index contributed by atoms with van der Waals surface area (Å²) in [5, 5.41) is 1.28. The van der Waals surface area contributed by atoms with Crippen LogP contribution in [0.25, 0.3) is 201 Å². The number of hydrogen-bond acceptors (Lipinski definition) is 6. The zero-order chi connectivity index (χ0) is 77.7. The van der Waals surface area contributed by atoms with Crippen LogP contribution in [0.4, 0.5) is 0 Å². The van der Waals surface area contributed by atoms with E-state index in [0.717, 1.165) is 201 Å². The number of hydrogen-bond donors (Lipinski definition) is 0. The number of aromatic nitrogens is 6. The standard InChI is InChI=1S/C108H70Cl2N6/c109-89-53-55-99(101(67-89)87-63-83(95-21-5-1-17-91(95)71-29-41-77(42-30-71)103-25-9-13-57-111-103)61-84(64-87)96-22-6-2-18-92(96)72-31-43-78(44-32-72)104-26-10-14-58-112-104)75-37-49-81(50-38-75)107-69-108(116-70-115-107)82-51-39-76(40-52-82)100-56-54-90(110)68-102(100)88-65-85(97-23-7-3-19-93(97)73-33-45-79(46-34-73)105-27-11-15-59-113-105)62-86(66-88)98-24-8-4-20-94(98)74-35-47-80(48-36-74)106-28-12-16-60-114-106/h1-70H. The average molecular weight is 1520 g/mol. The molecule has 0 radical (unpaired) electrons. The van der Waals surface area contributed by atoms with Crippen molar-refractivity contribution in [1.29, 1.82) is 0 Å². The topological polar surface area (TPSA) is 77.3 Å². The average Bonchev–Trinajstić information content (AvgIpc) is 0.769. The summed E-state index contributed by atoms with van der Waals surface area (Å²) in [6.07, 6.45) is 9.00. The van der Waals surface area contributed by atoms with Crippen LogP contribution in [0.5, 0.6) is 0 Å². The molecule has 546 valence electrons. The van der Waals surface area contributed by atoms with Crippen molar-refractivity contribution >= 4 is 23.2 Å². The van der Waals surface area contributed by atoms with Crippen LogP contribution in [0.1, 0.15) is 0 Å². The van der Waals surface area contributed by atoms with Gasteiger partial charge in [-0.1, -0.05) is 302 Å². The third kappa shape index (κ3) is 15.0. The van der Waals surface area contributed by atoms with E-state index in [9.17, 15) is 0 Å². The van der Waals surface area contributed by atoms with Crippen LogP contribution >= 0.6 is 23.2 Å². The number of nitrogens with zero attached hydrogens (tertiary/aromatic N) is 6. The summed E-state index contributed by atoms with van der Waals surface area (Å²) in [6.45, 7) is 0. The second kappa shape index (κ2) is 32.2. The van der Waals surface area contributed by atoms with Crippen molar-refractivity contribution in [3.05, 3.63) is 435 Å². The molecule has 0 aliphatic heterocycles. The highest BCUT2D eigenvalue weighted by Gasteiger charge is 2.22. The molecule has 5 aromatic heterocycles. The molecule has 14 aromatic carbocycles. The van der Waals surface area contributed by atoms with Crippen LogP contribution in [-0.4, -0.2) is 29.9 Å². The van der Waals surface area contributed by atoms with Crippen molar-refractivity contribution in [2.24, 2.45) is 0 Å². The summed E-state index contributed by atoms with van der Waals surface area (Å²) in [6, 6.07) is 139. The largest absolute Gasteiger partial charge is 0.256 e. The highest BCUT2D eigenvalue weighted by atomic mass is 35.5. The van der Waals surface area contributed by atoms with Gasteiger partial charge >= 0.3 is 0 Å². The summed E-state index contributed by atoms with van der Waals surface area (Å²) >= 11 is 14.3. The first-order valence-corrected chi connectivity index (χ1v) is 39.4. The van der Waals surface area contributed by atoms with Crippen molar-refractivity contribution in [3.8, 4) is 201 Å². The fraction of sp³-hybridized carbons (Fsp3) is 0. The number of pyridine rings is 4. The highest BCUT2D eigenvalue weighted by Crippen LogP contribution is 2.47. The van der Waals surface area contributed by atoms with Gasteiger partial charge in [-0.05, 0) is 249 Å². The molecular formula is C108H70Cl2N6. The van der Waals surface area contributed by atoms with Crippen LogP contribution in [0.15, 0.2) is 425 Å². The van der Waals surface area contributed by atoms with Crippen LogP contribution in [-0.2, 0) is 0 Å². The monoisotopic (exact) mass is 1520 g/mol. The van der Waals surface area contributed by atoms with Crippen molar-refractivity contribution in [1.82, 2.24) is 29.9 Å². The fourth-order valence-electron chi connectivity index (χ4n) is 15.9. The van der Waals surface area contributed by atoms with E-state index in [2.05, 4.69) is 329 Å². The Bertz CT molecular complexity index is 6070. The fourth-order valence-corrected chi connectivity index (χ4v) is 16.2. The third-order valence-electron chi connectivity index (χ3n) is 21.7. The van der Waals surface area contributed by atoms with E-state index in [1.165, 1.54) is 0 Å². The maximum Gasteiger partial charge on any atom is 0.116 e. The summed E-state index contributed by atoms with van der Waals surface area (Å²) in [7, 11) is 0. The predicted octanol–water partition coefficient (Wildman–Crippen LogP) is 29.4. The second-order valence-electron chi connectivity index (χ2n) is 28.8. The van der Waals surface area contributed by atoms with Gasteiger partial charge in [-0.3, -0.25) is 19.9 Å². The van der Waals surface area contributed by atoms with Gasteiger partial charge in [0, 0.05) is 68.2 Å². The number of rotatable bonds is 18. The lowest BCUT2D eigenvalue weighted by molar-refractivity contribution is 1.18. The van der Waals surface area contributed by atoms with Crippen LogP contribution in [0.2, 0.25) is 10.0 Å². The van der Waals surface area contributed by atoms with Crippen LogP contribution in [0, 0.1) is 0 Å². The first-order valence-electron chi connectivity index (χ1n) is 38.7. The molecule has 0 spiro atoms. The number of benzene rings is 14. The minimum atomic E-state index is 0.639. The molecular weight excluding hydrogens is 1450 g/mol. The van der Waals surface area contributed by atoms with E-state index < -0.39 is 0 Å². The zero-order valence-corrected chi connectivity index (χ0v) is 64.4. The molecule has 0 unspecified atom stereocenters. The molecule has 116 heavy (non-hydrogen) atoms. The van der Waals surface area contributed by atoms with Gasteiger partial charge < -0.3 is 0 Å². The summed E-state index contributed by atoms with van der Waals surface area (Å²) < 4.78 is 0. The summed E-state index contributed by atoms with van der Waals surface area (Å²) in [5.74, 6) is 0. The van der Waals surface area contributed by atoms with Gasteiger partial charge in [0.15, 0.2) is 0 Å². The minimum absolute atomic E-state index is 0.639. The Morgan fingerprint density at radius 1 is 0.129 bits per heavy atom. The lowest BCUT2D eigenvalue weighted by atomic mass is 9.86. The summed E-state index contributed by atoms with van der Waals surface area (Å²) in [5.41, 5.74) is 37.3. The van der Waals surface area contributed by atoms with E-state index in [4.69, 9.17) is 33.2 Å². The Morgan fingerprint density at radius 2 is 0.319 bits per heavy atom. The van der Waals surface area contributed by atoms with Gasteiger partial charge in [-0.25, -0.2) is 9.97 Å². The second-order valence-corrected chi connectivity index (χ2v) is 29.6. The van der Waals surface area contributed by atoms with E-state index in [1.807, 2.05) is 110 Å². The van der Waals surface area contributed by atoms with Gasteiger partial charge in [0.2, 0.25) is 0 Å². The Kier molecular flexibility index (Phi) is 19.9. The molecule has 0 fully saturated rings. The van der Waals surface area contributed by atoms with Gasteiger partial charge in [0.1, 0.15) is 6.33 Å². The molecule has 0 N–H and O–H groups in total.